The molecule has 3 N–H and O–H groups in total. The molecule has 0 unspecified atom stereocenters. The van der Waals surface area contributed by atoms with Gasteiger partial charge < -0.3 is 43.9 Å². The molecule has 0 radical (unpaired) electrons. The molecule has 0 aromatic heterocycles. The maximum absolute atomic E-state index is 14.4. The molecular weight excluding hydrogens is 847 g/mol. The number of ketones is 3. The van der Waals surface area contributed by atoms with Gasteiger partial charge in [-0.2, -0.15) is 0 Å². The molecule has 2 bridgehead atoms. The first-order chi connectivity index (χ1) is 31.3. The van der Waals surface area contributed by atoms with E-state index >= 15 is 0 Å². The second-order valence-corrected chi connectivity index (χ2v) is 19.8. The van der Waals surface area contributed by atoms with Crippen molar-refractivity contribution in [1.82, 2.24) is 4.90 Å². The fourth-order valence-corrected chi connectivity index (χ4v) is 10.5. The highest BCUT2D eigenvalue weighted by molar-refractivity contribution is 6.39. The Morgan fingerprint density at radius 1 is 0.864 bits per heavy atom. The van der Waals surface area contributed by atoms with Crippen molar-refractivity contribution in [2.75, 3.05) is 27.9 Å². The first kappa shape index (κ1) is 55.2. The number of esters is 1. The maximum atomic E-state index is 14.4. The third-order valence-electron chi connectivity index (χ3n) is 14.8. The fourth-order valence-electron chi connectivity index (χ4n) is 10.5. The molecule has 1 aliphatic carbocycles. The Morgan fingerprint density at radius 3 is 2.26 bits per heavy atom. The fraction of sp³-hybridized carbons (Fsp3) is 0.750. The molecular formula is C52H81NO13. The first-order valence-electron chi connectivity index (χ1n) is 24.5. The van der Waals surface area contributed by atoms with Crippen molar-refractivity contribution in [3.63, 3.8) is 0 Å². The lowest BCUT2D eigenvalue weighted by atomic mass is 9.78. The Hall–Kier alpha value is -3.37. The molecule has 2 saturated heterocycles. The summed E-state index contributed by atoms with van der Waals surface area (Å²) in [6, 6.07) is -1.14. The topological polar surface area (TPSA) is 195 Å². The number of allylic oxidation sites excluding steroid dienone is 6. The van der Waals surface area contributed by atoms with Gasteiger partial charge in [0, 0.05) is 58.5 Å². The minimum Gasteiger partial charge on any atom is -0.460 e. The Bertz CT molecular complexity index is 1770. The Kier molecular flexibility index (Phi) is 21.6. The summed E-state index contributed by atoms with van der Waals surface area (Å²) < 4.78 is 29.5. The number of carbonyl (C=O) groups is 5. The second-order valence-electron chi connectivity index (χ2n) is 19.8. The minimum absolute atomic E-state index is 0.0189. The lowest BCUT2D eigenvalue weighted by Crippen LogP contribution is -2.61. The van der Waals surface area contributed by atoms with Gasteiger partial charge in [-0.05, 0) is 113 Å². The molecule has 1 saturated carbocycles. The Balaban J connectivity index is 1.72. The van der Waals surface area contributed by atoms with E-state index in [1.54, 1.807) is 34.1 Å². The average molecular weight is 928 g/mol. The number of hydrogen-bond donors (Lipinski definition) is 3. The van der Waals surface area contributed by atoms with Gasteiger partial charge in [-0.15, -0.1) is 0 Å². The standard InChI is InChI=1S/C52H81NO13/c1-11-38-21-22-39-29-43(62-8)32(3)18-14-12-13-17-31(2)25-35(6)46(56)48(64-10)47(57)36(7)26-33(4)42(55)30-44(34(5)27-37-20-23-41(54)45(28-37)63-9)65-51(60)40-19-15-16-24-53(40)50(59)49(58)52(38,61)66-39/h12-14,17-18,26,31,33-35,37-41,43-45,47-48,54,57,61H,11,15-16,19-25,27-30H2,1-10H3/b14-12?,17-13-,32-18?,36-26-/t31-,33-,34+,35-,37-,38-,39-,40+,41-,43+,44-,45-,47-,48+,52-/m1/s1. The smallest absolute Gasteiger partial charge is 0.329 e. The number of ether oxygens (including phenoxy) is 5. The molecule has 3 aliphatic heterocycles. The van der Waals surface area contributed by atoms with Gasteiger partial charge in [0.15, 0.2) is 5.78 Å². The zero-order valence-electron chi connectivity index (χ0n) is 41.3. The van der Waals surface area contributed by atoms with Crippen LogP contribution in [0.3, 0.4) is 0 Å². The molecule has 14 heteroatoms. The van der Waals surface area contributed by atoms with E-state index in [2.05, 4.69) is 0 Å². The van der Waals surface area contributed by atoms with Crippen LogP contribution in [0.25, 0.3) is 0 Å². The van der Waals surface area contributed by atoms with Gasteiger partial charge in [0.05, 0.1) is 24.4 Å². The van der Waals surface area contributed by atoms with Gasteiger partial charge >= 0.3 is 5.97 Å². The van der Waals surface area contributed by atoms with Gasteiger partial charge in [-0.25, -0.2) is 4.79 Å². The summed E-state index contributed by atoms with van der Waals surface area (Å²) in [4.78, 5) is 72.2. The summed E-state index contributed by atoms with van der Waals surface area (Å²) in [5.74, 6) is -7.87. The zero-order chi connectivity index (χ0) is 48.9. The largest absolute Gasteiger partial charge is 0.460 e. The SMILES string of the molecule is CC[C@@H]1CC[C@@H]2C[C@H](OC)C(C)=CC=C/C=C\[C@@H](C)C[C@@H](C)C(=O)[C@H](OC)[C@H](O)/C(C)=C\[C@@H](C)C(=O)C[C@H]([C@@H](C)C[C@H]3CC[C@@H](O)[C@H](OC)C3)OC(=O)[C@@H]3CCCCN3C(=O)C(=O)[C@]1(O)O2. The van der Waals surface area contributed by atoms with Crippen molar-refractivity contribution in [2.45, 2.75) is 186 Å². The molecule has 0 aromatic rings. The first-order valence-corrected chi connectivity index (χ1v) is 24.5. The van der Waals surface area contributed by atoms with Crippen LogP contribution >= 0.6 is 0 Å². The third-order valence-corrected chi connectivity index (χ3v) is 14.8. The van der Waals surface area contributed by atoms with Crippen LogP contribution < -0.4 is 0 Å². The summed E-state index contributed by atoms with van der Waals surface area (Å²) in [6.45, 7) is 12.9. The Labute approximate surface area is 393 Å². The molecule has 4 aliphatic rings. The number of methoxy groups -OCH3 is 3. The molecule has 15 atom stereocenters. The van der Waals surface area contributed by atoms with E-state index in [-0.39, 0.29) is 54.8 Å². The number of cyclic esters (lactones) is 1. The number of Topliss-reactive ketones (excluding diaryl/α,β-unsaturated/α-hetero) is 3. The predicted octanol–water partition coefficient (Wildman–Crippen LogP) is 6.57. The summed E-state index contributed by atoms with van der Waals surface area (Å²) in [5, 5.41) is 34.1. The van der Waals surface area contributed by atoms with Crippen LogP contribution in [-0.4, -0.2) is 132 Å². The number of fused-ring (bicyclic) bond motifs is 3. The molecule has 1 amide bonds. The van der Waals surface area contributed by atoms with Gasteiger partial charge in [-0.3, -0.25) is 19.2 Å². The number of nitrogens with zero attached hydrogens (tertiary/aromatic N) is 1. The number of carbonyl (C=O) groups excluding carboxylic acids is 5. The molecule has 0 spiro atoms. The van der Waals surface area contributed by atoms with Crippen LogP contribution in [0.5, 0.6) is 0 Å². The molecule has 372 valence electrons. The summed E-state index contributed by atoms with van der Waals surface area (Å²) in [5.41, 5.74) is 1.27. The lowest BCUT2D eigenvalue weighted by Gasteiger charge is -2.43. The monoisotopic (exact) mass is 928 g/mol. The Morgan fingerprint density at radius 2 is 1.59 bits per heavy atom. The van der Waals surface area contributed by atoms with Crippen LogP contribution in [0, 0.1) is 35.5 Å². The van der Waals surface area contributed by atoms with Crippen molar-refractivity contribution in [2.24, 2.45) is 35.5 Å². The number of rotatable bonds is 7. The van der Waals surface area contributed by atoms with Crippen molar-refractivity contribution < 1.29 is 63.0 Å². The summed E-state index contributed by atoms with van der Waals surface area (Å²) in [7, 11) is 4.53. The van der Waals surface area contributed by atoms with E-state index < -0.39 is 83.9 Å². The van der Waals surface area contributed by atoms with Gasteiger partial charge in [0.2, 0.25) is 5.79 Å². The summed E-state index contributed by atoms with van der Waals surface area (Å²) >= 11 is 0. The number of piperidine rings is 1. The minimum atomic E-state index is -2.42. The molecule has 3 heterocycles. The van der Waals surface area contributed by atoms with Gasteiger partial charge in [0.25, 0.3) is 11.7 Å². The second kappa shape index (κ2) is 25.8. The predicted molar refractivity (Wildman–Crippen MR) is 250 cm³/mol. The van der Waals surface area contributed by atoms with E-state index in [4.69, 9.17) is 23.7 Å². The van der Waals surface area contributed by atoms with E-state index in [1.165, 1.54) is 12.0 Å². The molecule has 3 fully saturated rings. The average Bonchev–Trinajstić information content (AvgIpc) is 3.29. The third kappa shape index (κ3) is 14.3. The molecule has 0 aromatic carbocycles. The van der Waals surface area contributed by atoms with Crippen molar-refractivity contribution in [3.8, 4) is 0 Å². The van der Waals surface area contributed by atoms with E-state index in [0.29, 0.717) is 69.8 Å². The normalized spacial score (nSPS) is 38.7. The van der Waals surface area contributed by atoms with Crippen molar-refractivity contribution >= 4 is 29.2 Å². The molecule has 66 heavy (non-hydrogen) atoms. The number of aliphatic hydroxyl groups is 3. The van der Waals surface area contributed by atoms with E-state index in [0.717, 1.165) is 12.0 Å². The number of amides is 1. The lowest BCUT2D eigenvalue weighted by molar-refractivity contribution is -0.269. The maximum Gasteiger partial charge on any atom is 0.329 e. The van der Waals surface area contributed by atoms with Gasteiger partial charge in [0.1, 0.15) is 30.1 Å². The van der Waals surface area contributed by atoms with Crippen LogP contribution in [0.1, 0.15) is 132 Å². The van der Waals surface area contributed by atoms with Crippen LogP contribution in [-0.2, 0) is 47.7 Å². The van der Waals surface area contributed by atoms with Crippen molar-refractivity contribution in [1.29, 1.82) is 0 Å². The van der Waals surface area contributed by atoms with E-state index in [9.17, 15) is 39.3 Å². The molecule has 14 nitrogen and oxygen atoms in total. The highest BCUT2D eigenvalue weighted by atomic mass is 16.6. The quantitative estimate of drug-likeness (QED) is 0.141. The molecule has 4 rings (SSSR count). The highest BCUT2D eigenvalue weighted by Crippen LogP contribution is 2.39. The van der Waals surface area contributed by atoms with Crippen molar-refractivity contribution in [3.05, 3.63) is 47.6 Å². The van der Waals surface area contributed by atoms with Crippen LogP contribution in [0.4, 0.5) is 0 Å². The number of hydrogen-bond acceptors (Lipinski definition) is 13. The summed E-state index contributed by atoms with van der Waals surface area (Å²) in [6.07, 6.45) is 11.6. The van der Waals surface area contributed by atoms with E-state index in [1.807, 2.05) is 65.0 Å². The zero-order valence-corrected chi connectivity index (χ0v) is 41.3. The van der Waals surface area contributed by atoms with Crippen LogP contribution in [0.2, 0.25) is 0 Å². The van der Waals surface area contributed by atoms with Crippen LogP contribution in [0.15, 0.2) is 47.6 Å². The highest BCUT2D eigenvalue weighted by Gasteiger charge is 2.54. The van der Waals surface area contributed by atoms with Gasteiger partial charge in [-0.1, -0.05) is 71.1 Å². The number of aliphatic hydroxyl groups excluding tert-OH is 2.